The fourth-order valence-electron chi connectivity index (χ4n) is 4.39. The van der Waals surface area contributed by atoms with Crippen LogP contribution in [0.3, 0.4) is 0 Å². The number of rotatable bonds is 4. The third-order valence-electron chi connectivity index (χ3n) is 5.94. The molecule has 1 aliphatic rings. The molecule has 0 saturated carbocycles. The average molecular weight is 478 g/mol. The van der Waals surface area contributed by atoms with E-state index in [0.717, 1.165) is 13.2 Å². The Hall–Kier alpha value is -3.38. The number of nitrogens with zero attached hydrogens (tertiary/aromatic N) is 5. The summed E-state index contributed by atoms with van der Waals surface area (Å²) in [6.45, 7) is 0.351. The Kier molecular flexibility index (Phi) is 5.36. The highest BCUT2D eigenvalue weighted by Crippen LogP contribution is 2.39. The van der Waals surface area contributed by atoms with Gasteiger partial charge in [0.2, 0.25) is 0 Å². The number of aromatic nitrogens is 4. The van der Waals surface area contributed by atoms with Crippen molar-refractivity contribution in [3.63, 3.8) is 0 Å². The Morgan fingerprint density at radius 1 is 1.15 bits per heavy atom. The van der Waals surface area contributed by atoms with E-state index in [1.807, 2.05) is 0 Å². The molecule has 1 aliphatic heterocycles. The van der Waals surface area contributed by atoms with E-state index >= 15 is 0 Å². The van der Waals surface area contributed by atoms with Crippen molar-refractivity contribution in [2.75, 3.05) is 20.2 Å². The van der Waals surface area contributed by atoms with Crippen LogP contribution in [0.25, 0.3) is 28.1 Å². The van der Waals surface area contributed by atoms with E-state index in [4.69, 9.17) is 10.5 Å². The Labute approximate surface area is 190 Å². The molecule has 1 saturated heterocycles. The second-order valence-electron chi connectivity index (χ2n) is 8.18. The first-order chi connectivity index (χ1) is 16.2. The highest BCUT2D eigenvalue weighted by atomic mass is 19.4. The SMILES string of the molecule is COc1c(F)cc2ccc(-c3nnc4ccc(C(N5CCC(N)C5)C(F)(F)F)cn34)nc2c1F. The zero-order chi connectivity index (χ0) is 24.2. The summed E-state index contributed by atoms with van der Waals surface area (Å²) in [6, 6.07) is 4.61. The first kappa shape index (κ1) is 22.4. The van der Waals surface area contributed by atoms with Crippen LogP contribution >= 0.6 is 0 Å². The van der Waals surface area contributed by atoms with Gasteiger partial charge in [-0.05, 0) is 30.2 Å². The average Bonchev–Trinajstić information content (AvgIpc) is 3.39. The van der Waals surface area contributed by atoms with Crippen molar-refractivity contribution in [1.29, 1.82) is 0 Å². The van der Waals surface area contributed by atoms with E-state index in [1.165, 1.54) is 39.8 Å². The topological polar surface area (TPSA) is 81.6 Å². The van der Waals surface area contributed by atoms with Crippen LogP contribution < -0.4 is 10.5 Å². The van der Waals surface area contributed by atoms with Gasteiger partial charge >= 0.3 is 6.18 Å². The van der Waals surface area contributed by atoms with Crippen molar-refractivity contribution in [3.8, 4) is 17.3 Å². The summed E-state index contributed by atoms with van der Waals surface area (Å²) in [5, 5.41) is 8.23. The van der Waals surface area contributed by atoms with Crippen molar-refractivity contribution >= 4 is 16.6 Å². The number of likely N-dealkylation sites (tertiary alicyclic amines) is 1. The lowest BCUT2D eigenvalue weighted by Crippen LogP contribution is -2.38. The third-order valence-corrected chi connectivity index (χ3v) is 5.94. The molecule has 5 rings (SSSR count). The first-order valence-electron chi connectivity index (χ1n) is 10.4. The summed E-state index contributed by atoms with van der Waals surface area (Å²) in [5.74, 6) is -2.33. The highest BCUT2D eigenvalue weighted by Gasteiger charge is 2.46. The molecular formula is C22H19F5N6O. The standard InChI is InChI=1S/C22H19F5N6O/c1-34-19-14(23)8-11-2-4-15(29-18(11)17(19)24)21-31-30-16-5-3-12(9-33(16)21)20(22(25,26)27)32-7-6-13(28)10-32/h2-5,8-9,13,20H,6-7,10,28H2,1H3. The maximum atomic E-state index is 14.8. The molecule has 0 radical (unpaired) electrons. The lowest BCUT2D eigenvalue weighted by atomic mass is 10.1. The van der Waals surface area contributed by atoms with Gasteiger partial charge in [0.05, 0.1) is 7.11 Å². The number of hydrogen-bond acceptors (Lipinski definition) is 6. The fraction of sp³-hybridized carbons (Fsp3) is 0.318. The molecule has 12 heteroatoms. The second kappa shape index (κ2) is 8.13. The molecule has 2 unspecified atom stereocenters. The molecule has 0 spiro atoms. The van der Waals surface area contributed by atoms with E-state index < -0.39 is 29.6 Å². The lowest BCUT2D eigenvalue weighted by molar-refractivity contribution is -0.183. The molecule has 34 heavy (non-hydrogen) atoms. The first-order valence-corrected chi connectivity index (χ1v) is 10.4. The van der Waals surface area contributed by atoms with Gasteiger partial charge in [-0.1, -0.05) is 12.1 Å². The molecule has 7 nitrogen and oxygen atoms in total. The van der Waals surface area contributed by atoms with Gasteiger partial charge in [0.15, 0.2) is 28.9 Å². The van der Waals surface area contributed by atoms with Gasteiger partial charge in [-0.2, -0.15) is 13.2 Å². The molecule has 0 aliphatic carbocycles. The van der Waals surface area contributed by atoms with E-state index in [-0.39, 0.29) is 52.8 Å². The van der Waals surface area contributed by atoms with Gasteiger partial charge in [0.25, 0.3) is 0 Å². The van der Waals surface area contributed by atoms with Crippen molar-refractivity contribution in [3.05, 3.63) is 53.7 Å². The minimum absolute atomic E-state index is 0.00846. The Bertz CT molecular complexity index is 1390. The molecule has 2 atom stereocenters. The summed E-state index contributed by atoms with van der Waals surface area (Å²) in [7, 11) is 1.13. The summed E-state index contributed by atoms with van der Waals surface area (Å²) < 4.78 is 77.0. The van der Waals surface area contributed by atoms with Crippen molar-refractivity contribution in [2.24, 2.45) is 5.73 Å². The van der Waals surface area contributed by atoms with Gasteiger partial charge in [0.1, 0.15) is 17.3 Å². The van der Waals surface area contributed by atoms with E-state index in [2.05, 4.69) is 15.2 Å². The maximum absolute atomic E-state index is 14.8. The monoisotopic (exact) mass is 478 g/mol. The minimum Gasteiger partial charge on any atom is -0.491 e. The van der Waals surface area contributed by atoms with Crippen LogP contribution in [0.5, 0.6) is 5.75 Å². The maximum Gasteiger partial charge on any atom is 0.408 e. The zero-order valence-electron chi connectivity index (χ0n) is 17.9. The number of pyridine rings is 2. The van der Waals surface area contributed by atoms with E-state index in [9.17, 15) is 22.0 Å². The largest absolute Gasteiger partial charge is 0.491 e. The summed E-state index contributed by atoms with van der Waals surface area (Å²) >= 11 is 0. The summed E-state index contributed by atoms with van der Waals surface area (Å²) in [4.78, 5) is 5.54. The Morgan fingerprint density at radius 3 is 2.62 bits per heavy atom. The molecule has 4 heterocycles. The van der Waals surface area contributed by atoms with Gasteiger partial charge in [0, 0.05) is 30.7 Å². The normalized spacial score (nSPS) is 18.1. The van der Waals surface area contributed by atoms with Crippen molar-refractivity contribution in [2.45, 2.75) is 24.7 Å². The van der Waals surface area contributed by atoms with Crippen molar-refractivity contribution < 1.29 is 26.7 Å². The Morgan fingerprint density at radius 2 is 1.94 bits per heavy atom. The fourth-order valence-corrected chi connectivity index (χ4v) is 4.39. The molecule has 178 valence electrons. The molecule has 2 N–H and O–H groups in total. The number of fused-ring (bicyclic) bond motifs is 2. The summed E-state index contributed by atoms with van der Waals surface area (Å²) in [6.07, 6.45) is -2.75. The van der Waals surface area contributed by atoms with Crippen LogP contribution in [-0.4, -0.2) is 56.9 Å². The predicted molar refractivity (Wildman–Crippen MR) is 113 cm³/mol. The van der Waals surface area contributed by atoms with Gasteiger partial charge in [-0.25, -0.2) is 13.8 Å². The zero-order valence-corrected chi connectivity index (χ0v) is 17.9. The minimum atomic E-state index is -4.53. The Balaban J connectivity index is 1.63. The number of benzene rings is 1. The molecule has 1 aromatic carbocycles. The van der Waals surface area contributed by atoms with Crippen molar-refractivity contribution in [1.82, 2.24) is 24.5 Å². The van der Waals surface area contributed by atoms with Crippen LogP contribution in [0.15, 0.2) is 36.5 Å². The molecule has 0 amide bonds. The number of methoxy groups -OCH3 is 1. The van der Waals surface area contributed by atoms with Gasteiger partial charge in [-0.15, -0.1) is 10.2 Å². The molecule has 4 aromatic rings. The highest BCUT2D eigenvalue weighted by molar-refractivity contribution is 5.83. The van der Waals surface area contributed by atoms with Gasteiger partial charge < -0.3 is 10.5 Å². The van der Waals surface area contributed by atoms with Crippen LogP contribution in [-0.2, 0) is 0 Å². The van der Waals surface area contributed by atoms with E-state index in [1.54, 1.807) is 0 Å². The van der Waals surface area contributed by atoms with E-state index in [0.29, 0.717) is 6.42 Å². The number of halogens is 5. The van der Waals surface area contributed by atoms with Crippen LogP contribution in [0.1, 0.15) is 18.0 Å². The lowest BCUT2D eigenvalue weighted by Gasteiger charge is -2.30. The number of nitrogens with two attached hydrogens (primary N) is 1. The van der Waals surface area contributed by atoms with Crippen LogP contribution in [0, 0.1) is 11.6 Å². The number of alkyl halides is 3. The van der Waals surface area contributed by atoms with Crippen LogP contribution in [0.4, 0.5) is 22.0 Å². The molecule has 1 fully saturated rings. The number of ether oxygens (including phenoxy) is 1. The molecular weight excluding hydrogens is 459 g/mol. The molecule has 3 aromatic heterocycles. The molecule has 0 bridgehead atoms. The quantitative estimate of drug-likeness (QED) is 0.449. The van der Waals surface area contributed by atoms with Gasteiger partial charge in [-0.3, -0.25) is 9.30 Å². The third kappa shape index (κ3) is 3.72. The number of hydrogen-bond donors (Lipinski definition) is 1. The van der Waals surface area contributed by atoms with Crippen LogP contribution in [0.2, 0.25) is 0 Å². The smallest absolute Gasteiger partial charge is 0.408 e. The predicted octanol–water partition coefficient (Wildman–Crippen LogP) is 3.87. The summed E-state index contributed by atoms with van der Waals surface area (Å²) in [5.41, 5.74) is 6.11. The second-order valence-corrected chi connectivity index (χ2v) is 8.18.